The Morgan fingerprint density at radius 1 is 1.35 bits per heavy atom. The number of para-hydroxylation sites is 1. The summed E-state index contributed by atoms with van der Waals surface area (Å²) in [5.74, 6) is 1.81. The van der Waals surface area contributed by atoms with E-state index in [0.717, 1.165) is 35.7 Å². The SMILES string of the molecule is CCCN(CC1CC1)CC(N)c1cc2ccccc2o1. The van der Waals surface area contributed by atoms with Crippen LogP contribution < -0.4 is 5.73 Å². The van der Waals surface area contributed by atoms with E-state index in [-0.39, 0.29) is 6.04 Å². The van der Waals surface area contributed by atoms with Crippen molar-refractivity contribution in [2.45, 2.75) is 32.2 Å². The van der Waals surface area contributed by atoms with Crippen LogP contribution >= 0.6 is 0 Å². The molecule has 1 atom stereocenters. The van der Waals surface area contributed by atoms with Gasteiger partial charge in [-0.05, 0) is 43.9 Å². The quantitative estimate of drug-likeness (QED) is 0.838. The molecule has 0 radical (unpaired) electrons. The van der Waals surface area contributed by atoms with Crippen molar-refractivity contribution < 1.29 is 4.42 Å². The zero-order valence-corrected chi connectivity index (χ0v) is 12.2. The number of nitrogens with two attached hydrogens (primary N) is 1. The second kappa shape index (κ2) is 5.98. The van der Waals surface area contributed by atoms with Crippen molar-refractivity contribution in [3.8, 4) is 0 Å². The molecule has 0 saturated heterocycles. The van der Waals surface area contributed by atoms with Crippen molar-refractivity contribution in [3.05, 3.63) is 36.1 Å². The molecule has 1 aliphatic carbocycles. The molecule has 1 heterocycles. The number of hydrogen-bond acceptors (Lipinski definition) is 3. The molecule has 3 nitrogen and oxygen atoms in total. The molecular weight excluding hydrogens is 248 g/mol. The first kappa shape index (κ1) is 13.7. The third-order valence-corrected chi connectivity index (χ3v) is 4.02. The molecule has 108 valence electrons. The van der Waals surface area contributed by atoms with E-state index in [0.29, 0.717) is 0 Å². The minimum Gasteiger partial charge on any atom is -0.459 e. The summed E-state index contributed by atoms with van der Waals surface area (Å²) in [5.41, 5.74) is 7.28. The van der Waals surface area contributed by atoms with Gasteiger partial charge in [-0.15, -0.1) is 0 Å². The minimum absolute atomic E-state index is 0.0345. The van der Waals surface area contributed by atoms with Crippen molar-refractivity contribution >= 4 is 11.0 Å². The Hall–Kier alpha value is -1.32. The maximum Gasteiger partial charge on any atom is 0.134 e. The number of benzene rings is 1. The Morgan fingerprint density at radius 3 is 2.85 bits per heavy atom. The van der Waals surface area contributed by atoms with E-state index < -0.39 is 0 Å². The number of furan rings is 1. The standard InChI is InChI=1S/C17H24N2O/c1-2-9-19(11-13-7-8-13)12-15(18)17-10-14-5-3-4-6-16(14)20-17/h3-6,10,13,15H,2,7-9,11-12,18H2,1H3. The van der Waals surface area contributed by atoms with Gasteiger partial charge >= 0.3 is 0 Å². The molecule has 1 fully saturated rings. The van der Waals surface area contributed by atoms with Crippen LogP contribution in [0.3, 0.4) is 0 Å². The molecule has 1 aromatic heterocycles. The Kier molecular flexibility index (Phi) is 4.08. The summed E-state index contributed by atoms with van der Waals surface area (Å²) in [7, 11) is 0. The molecule has 0 bridgehead atoms. The highest BCUT2D eigenvalue weighted by Crippen LogP contribution is 2.30. The van der Waals surface area contributed by atoms with Crippen molar-refractivity contribution in [1.29, 1.82) is 0 Å². The van der Waals surface area contributed by atoms with Crippen LogP contribution in [-0.4, -0.2) is 24.5 Å². The monoisotopic (exact) mass is 272 g/mol. The van der Waals surface area contributed by atoms with Gasteiger partial charge in [0.2, 0.25) is 0 Å². The molecule has 1 aliphatic rings. The fraction of sp³-hybridized carbons (Fsp3) is 0.529. The van der Waals surface area contributed by atoms with E-state index >= 15 is 0 Å². The fourth-order valence-electron chi connectivity index (χ4n) is 2.79. The normalized spacial score (nSPS) is 16.9. The zero-order valence-electron chi connectivity index (χ0n) is 12.2. The van der Waals surface area contributed by atoms with Crippen LogP contribution in [0.5, 0.6) is 0 Å². The van der Waals surface area contributed by atoms with Crippen LogP contribution in [0.15, 0.2) is 34.7 Å². The molecule has 3 rings (SSSR count). The van der Waals surface area contributed by atoms with Gasteiger partial charge in [0.15, 0.2) is 0 Å². The molecule has 1 saturated carbocycles. The molecule has 20 heavy (non-hydrogen) atoms. The van der Waals surface area contributed by atoms with Crippen molar-refractivity contribution in [2.24, 2.45) is 11.7 Å². The highest BCUT2D eigenvalue weighted by Gasteiger charge is 2.25. The average Bonchev–Trinajstić information content (AvgIpc) is 3.14. The van der Waals surface area contributed by atoms with E-state index in [1.807, 2.05) is 18.2 Å². The number of hydrogen-bond donors (Lipinski definition) is 1. The fourth-order valence-corrected chi connectivity index (χ4v) is 2.79. The number of nitrogens with zero attached hydrogens (tertiary/aromatic N) is 1. The van der Waals surface area contributed by atoms with Gasteiger partial charge in [-0.1, -0.05) is 25.1 Å². The first-order chi connectivity index (χ1) is 9.76. The Bertz CT molecular complexity index is 526. The summed E-state index contributed by atoms with van der Waals surface area (Å²) in [6, 6.07) is 10.2. The first-order valence-corrected chi connectivity index (χ1v) is 7.72. The maximum atomic E-state index is 6.35. The van der Waals surface area contributed by atoms with Gasteiger partial charge in [-0.2, -0.15) is 0 Å². The van der Waals surface area contributed by atoms with E-state index in [1.165, 1.54) is 25.8 Å². The Morgan fingerprint density at radius 2 is 2.15 bits per heavy atom. The van der Waals surface area contributed by atoms with E-state index in [1.54, 1.807) is 0 Å². The minimum atomic E-state index is -0.0345. The van der Waals surface area contributed by atoms with Gasteiger partial charge in [-0.3, -0.25) is 0 Å². The van der Waals surface area contributed by atoms with Crippen LogP contribution in [-0.2, 0) is 0 Å². The van der Waals surface area contributed by atoms with E-state index in [4.69, 9.17) is 10.2 Å². The lowest BCUT2D eigenvalue weighted by Gasteiger charge is -2.24. The van der Waals surface area contributed by atoms with Gasteiger partial charge in [-0.25, -0.2) is 0 Å². The molecule has 0 aliphatic heterocycles. The van der Waals surface area contributed by atoms with Crippen molar-refractivity contribution in [2.75, 3.05) is 19.6 Å². The Balaban J connectivity index is 1.68. The van der Waals surface area contributed by atoms with Crippen LogP contribution in [0.1, 0.15) is 38.0 Å². The maximum absolute atomic E-state index is 6.35. The summed E-state index contributed by atoms with van der Waals surface area (Å²) in [4.78, 5) is 2.50. The second-order valence-corrected chi connectivity index (χ2v) is 6.00. The third-order valence-electron chi connectivity index (χ3n) is 4.02. The number of fused-ring (bicyclic) bond motifs is 1. The van der Waals surface area contributed by atoms with Gasteiger partial charge in [0, 0.05) is 18.5 Å². The van der Waals surface area contributed by atoms with Crippen molar-refractivity contribution in [3.63, 3.8) is 0 Å². The van der Waals surface area contributed by atoms with E-state index in [9.17, 15) is 0 Å². The first-order valence-electron chi connectivity index (χ1n) is 7.72. The van der Waals surface area contributed by atoms with Crippen LogP contribution in [0.25, 0.3) is 11.0 Å². The lowest BCUT2D eigenvalue weighted by molar-refractivity contribution is 0.239. The summed E-state index contributed by atoms with van der Waals surface area (Å²) in [6.45, 7) is 5.45. The van der Waals surface area contributed by atoms with Gasteiger partial charge in [0.1, 0.15) is 11.3 Å². The summed E-state index contributed by atoms with van der Waals surface area (Å²) in [5, 5.41) is 1.14. The van der Waals surface area contributed by atoms with Crippen LogP contribution in [0.4, 0.5) is 0 Å². The smallest absolute Gasteiger partial charge is 0.134 e. The highest BCUT2D eigenvalue weighted by molar-refractivity contribution is 5.77. The summed E-state index contributed by atoms with van der Waals surface area (Å²) < 4.78 is 5.88. The summed E-state index contributed by atoms with van der Waals surface area (Å²) in [6.07, 6.45) is 3.96. The third kappa shape index (κ3) is 3.22. The van der Waals surface area contributed by atoms with Gasteiger partial charge in [0.05, 0.1) is 6.04 Å². The topological polar surface area (TPSA) is 42.4 Å². The number of rotatable bonds is 7. The van der Waals surface area contributed by atoms with E-state index in [2.05, 4.69) is 24.0 Å². The molecule has 0 amide bonds. The molecule has 3 heteroatoms. The average molecular weight is 272 g/mol. The lowest BCUT2D eigenvalue weighted by atomic mass is 10.2. The van der Waals surface area contributed by atoms with Gasteiger partial charge < -0.3 is 15.1 Å². The second-order valence-electron chi connectivity index (χ2n) is 6.00. The largest absolute Gasteiger partial charge is 0.459 e. The summed E-state index contributed by atoms with van der Waals surface area (Å²) >= 11 is 0. The molecule has 1 unspecified atom stereocenters. The molecule has 2 N–H and O–H groups in total. The van der Waals surface area contributed by atoms with Crippen LogP contribution in [0.2, 0.25) is 0 Å². The highest BCUT2D eigenvalue weighted by atomic mass is 16.3. The lowest BCUT2D eigenvalue weighted by Crippen LogP contribution is -2.34. The Labute approximate surface area is 120 Å². The van der Waals surface area contributed by atoms with Crippen molar-refractivity contribution in [1.82, 2.24) is 4.90 Å². The van der Waals surface area contributed by atoms with Gasteiger partial charge in [0.25, 0.3) is 0 Å². The zero-order chi connectivity index (χ0) is 13.9. The predicted molar refractivity (Wildman–Crippen MR) is 82.6 cm³/mol. The molecule has 2 aromatic rings. The molecular formula is C17H24N2O. The van der Waals surface area contributed by atoms with Crippen LogP contribution in [0, 0.1) is 5.92 Å². The predicted octanol–water partition coefficient (Wildman–Crippen LogP) is 3.55. The molecule has 0 spiro atoms. The molecule has 1 aromatic carbocycles.